The van der Waals surface area contributed by atoms with Crippen LogP contribution in [-0.2, 0) is 6.18 Å². The van der Waals surface area contributed by atoms with Crippen LogP contribution in [0.25, 0.3) is 0 Å². The molecule has 128 valence electrons. The van der Waals surface area contributed by atoms with Crippen LogP contribution in [0.5, 0.6) is 17.2 Å². The van der Waals surface area contributed by atoms with Gasteiger partial charge in [-0.25, -0.2) is 0 Å². The van der Waals surface area contributed by atoms with Crippen molar-refractivity contribution < 1.29 is 22.6 Å². The maximum absolute atomic E-state index is 12.6. The Balaban J connectivity index is 2.30. The lowest BCUT2D eigenvalue weighted by atomic mass is 10.2. The first kappa shape index (κ1) is 18.4. The summed E-state index contributed by atoms with van der Waals surface area (Å²) < 4.78 is 48.7. The lowest BCUT2D eigenvalue weighted by molar-refractivity contribution is -0.137. The standard InChI is InChI=1S/C17H10ClF3N2O2/c1-10(8-22)24-16-7-13(4-2-11(16)9-23)25-15-5-3-12(6-14(15)18)17(19,20)21/h2-7,10H,1H3. The quantitative estimate of drug-likeness (QED) is 0.735. The first-order valence-electron chi connectivity index (χ1n) is 6.89. The highest BCUT2D eigenvalue weighted by Crippen LogP contribution is 2.37. The van der Waals surface area contributed by atoms with E-state index in [0.29, 0.717) is 0 Å². The zero-order valence-electron chi connectivity index (χ0n) is 12.8. The van der Waals surface area contributed by atoms with E-state index in [1.165, 1.54) is 25.1 Å². The molecule has 0 aliphatic heterocycles. The molecule has 2 rings (SSSR count). The van der Waals surface area contributed by atoms with Gasteiger partial charge >= 0.3 is 6.18 Å². The van der Waals surface area contributed by atoms with Gasteiger partial charge in [-0.1, -0.05) is 11.6 Å². The molecule has 1 unspecified atom stereocenters. The molecule has 0 saturated carbocycles. The van der Waals surface area contributed by atoms with E-state index in [1.807, 2.05) is 12.1 Å². The fourth-order valence-corrected chi connectivity index (χ4v) is 2.08. The molecule has 8 heteroatoms. The number of hydrogen-bond acceptors (Lipinski definition) is 4. The normalized spacial score (nSPS) is 12.0. The van der Waals surface area contributed by atoms with E-state index in [1.54, 1.807) is 0 Å². The Labute approximate surface area is 146 Å². The molecule has 2 aromatic rings. The Morgan fingerprint density at radius 2 is 1.80 bits per heavy atom. The summed E-state index contributed by atoms with van der Waals surface area (Å²) in [4.78, 5) is 0. The number of alkyl halides is 3. The molecule has 0 amide bonds. The number of hydrogen-bond donors (Lipinski definition) is 0. The van der Waals surface area contributed by atoms with Crippen LogP contribution in [0.2, 0.25) is 5.02 Å². The highest BCUT2D eigenvalue weighted by Gasteiger charge is 2.31. The van der Waals surface area contributed by atoms with Crippen LogP contribution in [0, 0.1) is 22.7 Å². The topological polar surface area (TPSA) is 66.0 Å². The van der Waals surface area contributed by atoms with Gasteiger partial charge in [0, 0.05) is 6.07 Å². The molecular formula is C17H10ClF3N2O2. The first-order valence-corrected chi connectivity index (χ1v) is 7.27. The number of rotatable bonds is 4. The fourth-order valence-electron chi connectivity index (χ4n) is 1.86. The molecule has 0 aliphatic carbocycles. The predicted octanol–water partition coefficient (Wildman–Crippen LogP) is 5.31. The van der Waals surface area contributed by atoms with Crippen molar-refractivity contribution in [3.63, 3.8) is 0 Å². The molecule has 0 radical (unpaired) electrons. The SMILES string of the molecule is CC(C#N)Oc1cc(Oc2ccc(C(F)(F)F)cc2Cl)ccc1C#N. The van der Waals surface area contributed by atoms with Crippen LogP contribution in [0.1, 0.15) is 18.1 Å². The summed E-state index contributed by atoms with van der Waals surface area (Å²) in [6.45, 7) is 1.50. The van der Waals surface area contributed by atoms with E-state index in [9.17, 15) is 13.2 Å². The number of benzene rings is 2. The summed E-state index contributed by atoms with van der Waals surface area (Å²) in [6.07, 6.45) is -5.30. The van der Waals surface area contributed by atoms with Gasteiger partial charge in [-0.3, -0.25) is 0 Å². The fraction of sp³-hybridized carbons (Fsp3) is 0.176. The van der Waals surface area contributed by atoms with Gasteiger partial charge in [0.05, 0.1) is 16.1 Å². The second-order valence-corrected chi connectivity index (χ2v) is 5.31. The Morgan fingerprint density at radius 3 is 2.36 bits per heavy atom. The summed E-state index contributed by atoms with van der Waals surface area (Å²) in [5.74, 6) is 0.330. The Morgan fingerprint density at radius 1 is 1.08 bits per heavy atom. The first-order chi connectivity index (χ1) is 11.7. The zero-order chi connectivity index (χ0) is 18.6. The van der Waals surface area contributed by atoms with Gasteiger partial charge in [0.1, 0.15) is 29.4 Å². The predicted molar refractivity (Wildman–Crippen MR) is 83.4 cm³/mol. The lowest BCUT2D eigenvalue weighted by Gasteiger charge is -2.13. The molecule has 0 fully saturated rings. The van der Waals surface area contributed by atoms with E-state index in [0.717, 1.165) is 18.2 Å². The van der Waals surface area contributed by atoms with E-state index >= 15 is 0 Å². The highest BCUT2D eigenvalue weighted by molar-refractivity contribution is 6.32. The van der Waals surface area contributed by atoms with Gasteiger partial charge in [-0.15, -0.1) is 0 Å². The van der Waals surface area contributed by atoms with Crippen LogP contribution < -0.4 is 9.47 Å². The molecule has 1 atom stereocenters. The third-order valence-corrected chi connectivity index (χ3v) is 3.34. The van der Waals surface area contributed by atoms with Crippen molar-refractivity contribution in [2.24, 2.45) is 0 Å². The Bertz CT molecular complexity index is 870. The molecule has 4 nitrogen and oxygen atoms in total. The minimum atomic E-state index is -4.51. The average molecular weight is 367 g/mol. The molecule has 0 saturated heterocycles. The van der Waals surface area contributed by atoms with Crippen LogP contribution in [0.4, 0.5) is 13.2 Å². The molecule has 0 bridgehead atoms. The molecule has 2 aromatic carbocycles. The summed E-state index contributed by atoms with van der Waals surface area (Å²) in [5.41, 5.74) is -0.704. The van der Waals surface area contributed by atoms with Crippen LogP contribution in [0.3, 0.4) is 0 Å². The van der Waals surface area contributed by atoms with Crippen molar-refractivity contribution in [1.82, 2.24) is 0 Å². The molecule has 0 aromatic heterocycles. The number of nitrogens with zero attached hydrogens (tertiary/aromatic N) is 2. The lowest BCUT2D eigenvalue weighted by Crippen LogP contribution is -2.09. The Hall–Kier alpha value is -2.90. The molecule has 25 heavy (non-hydrogen) atoms. The summed E-state index contributed by atoms with van der Waals surface area (Å²) >= 11 is 5.84. The van der Waals surface area contributed by atoms with E-state index < -0.39 is 17.8 Å². The largest absolute Gasteiger partial charge is 0.474 e. The van der Waals surface area contributed by atoms with E-state index in [-0.39, 0.29) is 27.8 Å². The third-order valence-electron chi connectivity index (χ3n) is 3.05. The maximum Gasteiger partial charge on any atom is 0.416 e. The highest BCUT2D eigenvalue weighted by atomic mass is 35.5. The van der Waals surface area contributed by atoms with Crippen molar-refractivity contribution in [2.45, 2.75) is 19.2 Å². The third kappa shape index (κ3) is 4.56. The minimum Gasteiger partial charge on any atom is -0.474 e. The van der Waals surface area contributed by atoms with Crippen molar-refractivity contribution in [3.8, 4) is 29.4 Å². The second kappa shape index (κ2) is 7.33. The van der Waals surface area contributed by atoms with E-state index in [4.69, 9.17) is 31.6 Å². The summed E-state index contributed by atoms with van der Waals surface area (Å²) in [7, 11) is 0. The number of ether oxygens (including phenoxy) is 2. The summed E-state index contributed by atoms with van der Waals surface area (Å²) in [5, 5.41) is 17.6. The smallest absolute Gasteiger partial charge is 0.416 e. The van der Waals surface area contributed by atoms with Crippen molar-refractivity contribution in [1.29, 1.82) is 10.5 Å². The van der Waals surface area contributed by atoms with Gasteiger partial charge in [-0.05, 0) is 37.3 Å². The van der Waals surface area contributed by atoms with Crippen molar-refractivity contribution in [3.05, 3.63) is 52.5 Å². The monoisotopic (exact) mass is 366 g/mol. The molecular weight excluding hydrogens is 357 g/mol. The van der Waals surface area contributed by atoms with Gasteiger partial charge in [-0.2, -0.15) is 23.7 Å². The van der Waals surface area contributed by atoms with Crippen molar-refractivity contribution in [2.75, 3.05) is 0 Å². The van der Waals surface area contributed by atoms with Gasteiger partial charge in [0.25, 0.3) is 0 Å². The van der Waals surface area contributed by atoms with Crippen molar-refractivity contribution >= 4 is 11.6 Å². The number of nitriles is 2. The molecule has 0 spiro atoms. The molecule has 0 N–H and O–H groups in total. The minimum absolute atomic E-state index is 0.0126. The Kier molecular flexibility index (Phi) is 5.41. The zero-order valence-corrected chi connectivity index (χ0v) is 13.5. The maximum atomic E-state index is 12.6. The van der Waals surface area contributed by atoms with Crippen LogP contribution in [0.15, 0.2) is 36.4 Å². The van der Waals surface area contributed by atoms with Gasteiger partial charge < -0.3 is 9.47 Å². The number of halogens is 4. The van der Waals surface area contributed by atoms with Gasteiger partial charge in [0.2, 0.25) is 0 Å². The van der Waals surface area contributed by atoms with Crippen LogP contribution >= 0.6 is 11.6 Å². The average Bonchev–Trinajstić information content (AvgIpc) is 2.56. The second-order valence-electron chi connectivity index (χ2n) is 4.90. The molecule has 0 aliphatic rings. The summed E-state index contributed by atoms with van der Waals surface area (Å²) in [6, 6.07) is 10.7. The van der Waals surface area contributed by atoms with Gasteiger partial charge in [0.15, 0.2) is 6.10 Å². The van der Waals surface area contributed by atoms with Crippen LogP contribution in [-0.4, -0.2) is 6.10 Å². The van der Waals surface area contributed by atoms with E-state index in [2.05, 4.69) is 0 Å². The molecule has 0 heterocycles.